The van der Waals surface area contributed by atoms with E-state index in [0.29, 0.717) is 24.0 Å². The molecular formula is C21H30IN5O3. The molecule has 2 aromatic rings. The topological polar surface area (TPSA) is 80.2 Å². The minimum atomic E-state index is 0. The van der Waals surface area contributed by atoms with Crippen LogP contribution in [0.4, 0.5) is 11.5 Å². The maximum atomic E-state index is 5.46. The van der Waals surface area contributed by atoms with Crippen LogP contribution in [-0.4, -0.2) is 58.0 Å². The molecule has 2 N–H and O–H groups in total. The van der Waals surface area contributed by atoms with Crippen LogP contribution in [0.25, 0.3) is 0 Å². The molecule has 2 heterocycles. The summed E-state index contributed by atoms with van der Waals surface area (Å²) in [6.07, 6.45) is 1.82. The van der Waals surface area contributed by atoms with Gasteiger partial charge < -0.3 is 29.7 Å². The number of halogens is 1. The van der Waals surface area contributed by atoms with E-state index in [4.69, 9.17) is 19.2 Å². The highest BCUT2D eigenvalue weighted by Gasteiger charge is 2.15. The van der Waals surface area contributed by atoms with Crippen molar-refractivity contribution < 1.29 is 14.2 Å². The van der Waals surface area contributed by atoms with Gasteiger partial charge in [-0.25, -0.2) is 9.98 Å². The second-order valence-corrected chi connectivity index (χ2v) is 6.48. The molecule has 1 aliphatic rings. The number of benzene rings is 1. The summed E-state index contributed by atoms with van der Waals surface area (Å²) < 4.78 is 16.1. The molecular weight excluding hydrogens is 497 g/mol. The van der Waals surface area contributed by atoms with Crippen molar-refractivity contribution in [3.05, 3.63) is 42.1 Å². The molecule has 30 heavy (non-hydrogen) atoms. The number of nitrogens with zero attached hydrogens (tertiary/aromatic N) is 3. The van der Waals surface area contributed by atoms with Crippen LogP contribution in [0.2, 0.25) is 0 Å². The van der Waals surface area contributed by atoms with Crippen LogP contribution in [0, 0.1) is 0 Å². The predicted octanol–water partition coefficient (Wildman–Crippen LogP) is 3.13. The highest BCUT2D eigenvalue weighted by atomic mass is 127. The quantitative estimate of drug-likeness (QED) is 0.326. The highest BCUT2D eigenvalue weighted by molar-refractivity contribution is 14.0. The molecule has 0 bridgehead atoms. The van der Waals surface area contributed by atoms with Crippen LogP contribution in [0.5, 0.6) is 11.5 Å². The van der Waals surface area contributed by atoms with Gasteiger partial charge in [-0.3, -0.25) is 0 Å². The Balaban J connectivity index is 0.00000320. The molecule has 1 fully saturated rings. The number of guanidine groups is 1. The van der Waals surface area contributed by atoms with Crippen molar-refractivity contribution in [3.8, 4) is 11.5 Å². The first-order chi connectivity index (χ1) is 14.2. The lowest BCUT2D eigenvalue weighted by Crippen LogP contribution is -2.37. The van der Waals surface area contributed by atoms with E-state index in [-0.39, 0.29) is 24.0 Å². The number of aliphatic imine (C=N–C) groups is 1. The smallest absolute Gasteiger partial charge is 0.196 e. The normalized spacial score (nSPS) is 14.0. The van der Waals surface area contributed by atoms with Gasteiger partial charge >= 0.3 is 0 Å². The number of ether oxygens (including phenoxy) is 3. The second kappa shape index (κ2) is 12.4. The number of nitrogens with one attached hydrogen (secondary N) is 2. The van der Waals surface area contributed by atoms with Crippen LogP contribution < -0.4 is 25.0 Å². The van der Waals surface area contributed by atoms with Crippen molar-refractivity contribution in [2.24, 2.45) is 4.99 Å². The van der Waals surface area contributed by atoms with Gasteiger partial charge in [0.05, 0.1) is 34.0 Å². The van der Waals surface area contributed by atoms with Crippen molar-refractivity contribution in [2.45, 2.75) is 13.5 Å². The zero-order valence-corrected chi connectivity index (χ0v) is 20.0. The molecule has 0 amide bonds. The fourth-order valence-electron chi connectivity index (χ4n) is 3.14. The molecule has 1 aliphatic heterocycles. The molecule has 0 spiro atoms. The fraction of sp³-hybridized carbons (Fsp3) is 0.429. The summed E-state index contributed by atoms with van der Waals surface area (Å²) in [6, 6.07) is 9.69. The lowest BCUT2D eigenvalue weighted by molar-refractivity contribution is 0.122. The maximum absolute atomic E-state index is 5.46. The molecule has 0 aliphatic carbocycles. The summed E-state index contributed by atoms with van der Waals surface area (Å²) in [5.74, 6) is 3.01. The predicted molar refractivity (Wildman–Crippen MR) is 131 cm³/mol. The lowest BCUT2D eigenvalue weighted by atomic mass is 10.2. The minimum absolute atomic E-state index is 0. The molecule has 8 nitrogen and oxygen atoms in total. The van der Waals surface area contributed by atoms with Gasteiger partial charge in [0.2, 0.25) is 0 Å². The number of aromatic nitrogens is 1. The standard InChI is InChI=1S/C21H29N5O3.HI/c1-4-22-21(25-17-7-8-18(27-2)19(14-17)28-3)24-15-16-6-5-9-23-20(16)26-10-12-29-13-11-26;/h5-9,14H,4,10-13,15H2,1-3H3,(H2,22,24,25);1H. The van der Waals surface area contributed by atoms with Crippen molar-refractivity contribution in [2.75, 3.05) is 57.3 Å². The number of anilines is 2. The van der Waals surface area contributed by atoms with Crippen LogP contribution in [-0.2, 0) is 11.3 Å². The maximum Gasteiger partial charge on any atom is 0.196 e. The molecule has 0 unspecified atom stereocenters. The van der Waals surface area contributed by atoms with Gasteiger partial charge in [0.25, 0.3) is 0 Å². The monoisotopic (exact) mass is 527 g/mol. The van der Waals surface area contributed by atoms with Gasteiger partial charge in [-0.2, -0.15) is 0 Å². The van der Waals surface area contributed by atoms with Gasteiger partial charge in [0.15, 0.2) is 17.5 Å². The van der Waals surface area contributed by atoms with E-state index in [0.717, 1.165) is 49.9 Å². The molecule has 0 radical (unpaired) electrons. The van der Waals surface area contributed by atoms with E-state index >= 15 is 0 Å². The van der Waals surface area contributed by atoms with Gasteiger partial charge in [-0.15, -0.1) is 24.0 Å². The van der Waals surface area contributed by atoms with Crippen molar-refractivity contribution in [1.82, 2.24) is 10.3 Å². The number of methoxy groups -OCH3 is 2. The summed E-state index contributed by atoms with van der Waals surface area (Å²) in [4.78, 5) is 11.6. The first kappa shape index (κ1) is 24.0. The fourth-order valence-corrected chi connectivity index (χ4v) is 3.14. The van der Waals surface area contributed by atoms with Crippen molar-refractivity contribution >= 4 is 41.4 Å². The van der Waals surface area contributed by atoms with E-state index in [1.54, 1.807) is 14.2 Å². The SMILES string of the molecule is CCNC(=NCc1cccnc1N1CCOCC1)Nc1ccc(OC)c(OC)c1.I. The third-order valence-electron chi connectivity index (χ3n) is 4.58. The first-order valence-corrected chi connectivity index (χ1v) is 9.79. The number of pyridine rings is 1. The summed E-state index contributed by atoms with van der Waals surface area (Å²) in [7, 11) is 3.24. The Hall–Kier alpha value is -2.27. The molecule has 1 aromatic heterocycles. The van der Waals surface area contributed by atoms with E-state index in [2.05, 4.69) is 26.6 Å². The Morgan fingerprint density at radius 3 is 2.63 bits per heavy atom. The van der Waals surface area contributed by atoms with Gasteiger partial charge in [-0.05, 0) is 25.1 Å². The molecule has 1 saturated heterocycles. The lowest BCUT2D eigenvalue weighted by Gasteiger charge is -2.29. The van der Waals surface area contributed by atoms with Crippen LogP contribution in [0.15, 0.2) is 41.5 Å². The van der Waals surface area contributed by atoms with E-state index in [9.17, 15) is 0 Å². The molecule has 0 atom stereocenters. The van der Waals surface area contributed by atoms with Crippen LogP contribution in [0.3, 0.4) is 0 Å². The Morgan fingerprint density at radius 1 is 1.17 bits per heavy atom. The molecule has 0 saturated carbocycles. The summed E-state index contributed by atoms with van der Waals surface area (Å²) in [5.41, 5.74) is 1.95. The molecule has 164 valence electrons. The highest BCUT2D eigenvalue weighted by Crippen LogP contribution is 2.29. The van der Waals surface area contributed by atoms with Gasteiger partial charge in [-0.1, -0.05) is 6.07 Å². The third-order valence-corrected chi connectivity index (χ3v) is 4.58. The van der Waals surface area contributed by atoms with Crippen LogP contribution in [0.1, 0.15) is 12.5 Å². The average molecular weight is 527 g/mol. The third kappa shape index (κ3) is 6.36. The van der Waals surface area contributed by atoms with Gasteiger partial charge in [0.1, 0.15) is 5.82 Å². The second-order valence-electron chi connectivity index (χ2n) is 6.48. The number of morpholine rings is 1. The number of hydrogen-bond donors (Lipinski definition) is 2. The Labute approximate surface area is 195 Å². The summed E-state index contributed by atoms with van der Waals surface area (Å²) in [6.45, 7) is 6.45. The van der Waals surface area contributed by atoms with Crippen LogP contribution >= 0.6 is 24.0 Å². The summed E-state index contributed by atoms with van der Waals surface area (Å²) >= 11 is 0. The van der Waals surface area contributed by atoms with Gasteiger partial charge in [0, 0.05) is 43.1 Å². The minimum Gasteiger partial charge on any atom is -0.493 e. The Bertz CT molecular complexity index is 828. The summed E-state index contributed by atoms with van der Waals surface area (Å²) in [5, 5.41) is 6.60. The zero-order chi connectivity index (χ0) is 20.5. The number of hydrogen-bond acceptors (Lipinski definition) is 6. The Morgan fingerprint density at radius 2 is 1.93 bits per heavy atom. The van der Waals surface area contributed by atoms with E-state index in [1.807, 2.05) is 37.4 Å². The van der Waals surface area contributed by atoms with Crippen molar-refractivity contribution in [1.29, 1.82) is 0 Å². The first-order valence-electron chi connectivity index (χ1n) is 9.79. The van der Waals surface area contributed by atoms with Crippen molar-refractivity contribution in [3.63, 3.8) is 0 Å². The average Bonchev–Trinajstić information content (AvgIpc) is 2.78. The largest absolute Gasteiger partial charge is 0.493 e. The molecule has 9 heteroatoms. The van der Waals surface area contributed by atoms with E-state index in [1.165, 1.54) is 0 Å². The zero-order valence-electron chi connectivity index (χ0n) is 17.7. The molecule has 3 rings (SSSR count). The Kier molecular flexibility index (Phi) is 9.95. The molecule has 1 aromatic carbocycles. The number of rotatable bonds is 7. The van der Waals surface area contributed by atoms with E-state index < -0.39 is 0 Å².